The van der Waals surface area contributed by atoms with E-state index >= 15 is 0 Å². The van der Waals surface area contributed by atoms with Crippen LogP contribution in [0.25, 0.3) is 0 Å². The number of hydrogen-bond acceptors (Lipinski definition) is 4. The van der Waals surface area contributed by atoms with E-state index in [0.29, 0.717) is 10.5 Å². The Morgan fingerprint density at radius 1 is 1.53 bits per heavy atom. The van der Waals surface area contributed by atoms with Crippen molar-refractivity contribution < 1.29 is 4.42 Å². The normalized spacial score (nSPS) is 11.8. The first-order chi connectivity index (χ1) is 8.08. The fourth-order valence-electron chi connectivity index (χ4n) is 1.43. The lowest BCUT2D eigenvalue weighted by atomic mass is 10.2. The Balaban J connectivity index is 2.32. The standard InChI is InChI=1S/C11H14N4OS/c1-7(2)10-13-14-11(17)15(10)12-6-9-5-4-8(3)16-9/h4-7H,1-3H3,(H,14,17)/b12-6-. The summed E-state index contributed by atoms with van der Waals surface area (Å²) < 4.78 is 7.48. The smallest absolute Gasteiger partial charge is 0.216 e. The molecule has 2 rings (SSSR count). The first-order valence-corrected chi connectivity index (χ1v) is 5.77. The molecule has 0 atom stereocenters. The minimum absolute atomic E-state index is 0.249. The Morgan fingerprint density at radius 3 is 2.88 bits per heavy atom. The molecule has 0 aliphatic carbocycles. The summed E-state index contributed by atoms with van der Waals surface area (Å²) >= 11 is 5.11. The zero-order valence-electron chi connectivity index (χ0n) is 9.97. The first-order valence-electron chi connectivity index (χ1n) is 5.36. The molecule has 2 aromatic rings. The SMILES string of the molecule is Cc1ccc(/C=N\n2c(C(C)C)n[nH]c2=S)o1. The third-order valence-electron chi connectivity index (χ3n) is 2.25. The second-order valence-electron chi connectivity index (χ2n) is 4.05. The van der Waals surface area contributed by atoms with E-state index in [1.807, 2.05) is 32.9 Å². The third-order valence-corrected chi connectivity index (χ3v) is 2.52. The molecule has 0 saturated heterocycles. The molecule has 2 heterocycles. The van der Waals surface area contributed by atoms with Crippen LogP contribution in [0.15, 0.2) is 21.7 Å². The Labute approximate surface area is 104 Å². The lowest BCUT2D eigenvalue weighted by molar-refractivity contribution is 0.527. The van der Waals surface area contributed by atoms with E-state index in [9.17, 15) is 0 Å². The zero-order chi connectivity index (χ0) is 12.4. The minimum atomic E-state index is 0.249. The number of rotatable bonds is 3. The van der Waals surface area contributed by atoms with Gasteiger partial charge in [-0.1, -0.05) is 13.8 Å². The Bertz CT molecular complexity index is 591. The fourth-order valence-corrected chi connectivity index (χ4v) is 1.61. The average molecular weight is 250 g/mol. The summed E-state index contributed by atoms with van der Waals surface area (Å²) in [5.41, 5.74) is 0. The van der Waals surface area contributed by atoms with Gasteiger partial charge in [-0.05, 0) is 31.3 Å². The molecule has 0 aliphatic heterocycles. The Hall–Kier alpha value is -1.69. The lowest BCUT2D eigenvalue weighted by Gasteiger charge is -2.02. The number of H-pyrrole nitrogens is 1. The maximum absolute atomic E-state index is 5.39. The van der Waals surface area contributed by atoms with E-state index in [4.69, 9.17) is 16.6 Å². The van der Waals surface area contributed by atoms with Crippen LogP contribution >= 0.6 is 12.2 Å². The van der Waals surface area contributed by atoms with E-state index in [2.05, 4.69) is 15.3 Å². The fraction of sp³-hybridized carbons (Fsp3) is 0.364. The molecular formula is C11H14N4OS. The average Bonchev–Trinajstić information content (AvgIpc) is 2.82. The summed E-state index contributed by atoms with van der Waals surface area (Å²) in [7, 11) is 0. The highest BCUT2D eigenvalue weighted by Gasteiger charge is 2.08. The van der Waals surface area contributed by atoms with Gasteiger partial charge in [0.25, 0.3) is 0 Å². The molecule has 0 aliphatic rings. The van der Waals surface area contributed by atoms with Crippen molar-refractivity contribution in [3.8, 4) is 0 Å². The Kier molecular flexibility index (Phi) is 3.23. The molecule has 90 valence electrons. The highest BCUT2D eigenvalue weighted by molar-refractivity contribution is 7.71. The number of aromatic amines is 1. The lowest BCUT2D eigenvalue weighted by Crippen LogP contribution is -2.00. The molecule has 1 N–H and O–H groups in total. The van der Waals surface area contributed by atoms with Crippen molar-refractivity contribution >= 4 is 18.4 Å². The quantitative estimate of drug-likeness (QED) is 0.673. The van der Waals surface area contributed by atoms with Gasteiger partial charge >= 0.3 is 0 Å². The number of hydrogen-bond donors (Lipinski definition) is 1. The van der Waals surface area contributed by atoms with Crippen LogP contribution in [-0.4, -0.2) is 21.1 Å². The summed E-state index contributed by atoms with van der Waals surface area (Å²) in [4.78, 5) is 0. The van der Waals surface area contributed by atoms with Gasteiger partial charge in [0.05, 0.1) is 6.21 Å². The van der Waals surface area contributed by atoms with Crippen molar-refractivity contribution in [1.29, 1.82) is 0 Å². The predicted octanol–water partition coefficient (Wildman–Crippen LogP) is 2.85. The van der Waals surface area contributed by atoms with Gasteiger partial charge in [0, 0.05) is 5.92 Å². The summed E-state index contributed by atoms with van der Waals surface area (Å²) in [5, 5.41) is 11.1. The summed E-state index contributed by atoms with van der Waals surface area (Å²) in [6, 6.07) is 3.75. The van der Waals surface area contributed by atoms with Gasteiger partial charge in [0.1, 0.15) is 11.5 Å². The molecule has 0 radical (unpaired) electrons. The molecule has 2 aromatic heterocycles. The van der Waals surface area contributed by atoms with Crippen LogP contribution in [0, 0.1) is 11.7 Å². The van der Waals surface area contributed by atoms with E-state index in [-0.39, 0.29) is 5.92 Å². The van der Waals surface area contributed by atoms with Gasteiger partial charge in [-0.25, -0.2) is 0 Å². The van der Waals surface area contributed by atoms with Gasteiger partial charge in [-0.15, -0.1) is 0 Å². The van der Waals surface area contributed by atoms with Crippen LogP contribution in [0.1, 0.15) is 37.1 Å². The number of nitrogens with zero attached hydrogens (tertiary/aromatic N) is 3. The van der Waals surface area contributed by atoms with Crippen LogP contribution in [0.2, 0.25) is 0 Å². The topological polar surface area (TPSA) is 59.1 Å². The van der Waals surface area contributed by atoms with Crippen LogP contribution in [0.4, 0.5) is 0 Å². The van der Waals surface area contributed by atoms with Crippen molar-refractivity contribution in [2.75, 3.05) is 0 Å². The van der Waals surface area contributed by atoms with Crippen LogP contribution < -0.4 is 0 Å². The van der Waals surface area contributed by atoms with Crippen molar-refractivity contribution in [3.63, 3.8) is 0 Å². The largest absolute Gasteiger partial charge is 0.460 e. The molecule has 0 fully saturated rings. The van der Waals surface area contributed by atoms with Crippen molar-refractivity contribution in [3.05, 3.63) is 34.2 Å². The van der Waals surface area contributed by atoms with Crippen LogP contribution in [0.5, 0.6) is 0 Å². The van der Waals surface area contributed by atoms with Crippen molar-refractivity contribution in [2.45, 2.75) is 26.7 Å². The maximum Gasteiger partial charge on any atom is 0.216 e. The maximum atomic E-state index is 5.39. The van der Waals surface area contributed by atoms with Gasteiger partial charge in [-0.3, -0.25) is 5.10 Å². The Morgan fingerprint density at radius 2 is 2.29 bits per heavy atom. The van der Waals surface area contributed by atoms with E-state index in [1.54, 1.807) is 10.9 Å². The molecule has 0 spiro atoms. The second kappa shape index (κ2) is 4.67. The number of aromatic nitrogens is 3. The van der Waals surface area contributed by atoms with Crippen LogP contribution in [0.3, 0.4) is 0 Å². The van der Waals surface area contributed by atoms with Gasteiger partial charge in [0.15, 0.2) is 5.82 Å². The molecular weight excluding hydrogens is 236 g/mol. The van der Waals surface area contributed by atoms with Crippen molar-refractivity contribution in [2.24, 2.45) is 5.10 Å². The summed E-state index contributed by atoms with van der Waals surface area (Å²) in [6.45, 7) is 5.96. The molecule has 0 aromatic carbocycles. The molecule has 5 nitrogen and oxygen atoms in total. The zero-order valence-corrected chi connectivity index (χ0v) is 10.8. The second-order valence-corrected chi connectivity index (χ2v) is 4.43. The summed E-state index contributed by atoms with van der Waals surface area (Å²) in [5.74, 6) is 2.60. The number of aryl methyl sites for hydroxylation is 1. The molecule has 17 heavy (non-hydrogen) atoms. The molecule has 6 heteroatoms. The third kappa shape index (κ3) is 2.52. The van der Waals surface area contributed by atoms with E-state index < -0.39 is 0 Å². The van der Waals surface area contributed by atoms with Gasteiger partial charge < -0.3 is 4.42 Å². The molecule has 0 saturated carbocycles. The molecule has 0 bridgehead atoms. The van der Waals surface area contributed by atoms with E-state index in [0.717, 1.165) is 11.6 Å². The number of furan rings is 1. The minimum Gasteiger partial charge on any atom is -0.460 e. The predicted molar refractivity (Wildman–Crippen MR) is 67.9 cm³/mol. The molecule has 0 amide bonds. The van der Waals surface area contributed by atoms with Crippen LogP contribution in [-0.2, 0) is 0 Å². The highest BCUT2D eigenvalue weighted by atomic mass is 32.1. The van der Waals surface area contributed by atoms with E-state index in [1.165, 1.54) is 0 Å². The van der Waals surface area contributed by atoms with Gasteiger partial charge in [-0.2, -0.15) is 14.9 Å². The van der Waals surface area contributed by atoms with Gasteiger partial charge in [0.2, 0.25) is 4.77 Å². The van der Waals surface area contributed by atoms with Crippen molar-refractivity contribution in [1.82, 2.24) is 14.9 Å². The summed E-state index contributed by atoms with van der Waals surface area (Å²) in [6.07, 6.45) is 1.63. The number of nitrogens with one attached hydrogen (secondary N) is 1. The first kappa shape index (κ1) is 11.8. The monoisotopic (exact) mass is 250 g/mol. The molecule has 0 unspecified atom stereocenters. The highest BCUT2D eigenvalue weighted by Crippen LogP contribution is 2.11.